The molecular formula is C16H24N5O8P. The minimum atomic E-state index is -4.35. The van der Waals surface area contributed by atoms with E-state index in [4.69, 9.17) is 24.0 Å². The molecule has 2 aromatic heterocycles. The van der Waals surface area contributed by atoms with E-state index in [1.165, 1.54) is 30.8 Å². The summed E-state index contributed by atoms with van der Waals surface area (Å²) in [6.45, 7) is 0.451. The average molecular weight is 445 g/mol. The zero-order chi connectivity index (χ0) is 21.5. The van der Waals surface area contributed by atoms with Crippen molar-refractivity contribution < 1.29 is 38.8 Å². The molecule has 1 aliphatic heterocycles. The first kappa shape index (κ1) is 21.4. The van der Waals surface area contributed by atoms with Crippen LogP contribution >= 0.6 is 7.60 Å². The van der Waals surface area contributed by atoms with Gasteiger partial charge in [-0.2, -0.15) is 15.1 Å². The molecule has 0 spiro atoms. The van der Waals surface area contributed by atoms with Crippen LogP contribution in [0.5, 0.6) is 6.01 Å². The quantitative estimate of drug-likeness (QED) is 0.310. The van der Waals surface area contributed by atoms with Crippen LogP contribution in [-0.4, -0.2) is 84.7 Å². The van der Waals surface area contributed by atoms with Gasteiger partial charge < -0.3 is 39.5 Å². The fraction of sp³-hybridized carbons (Fsp3) is 0.688. The van der Waals surface area contributed by atoms with Crippen molar-refractivity contribution >= 4 is 24.4 Å². The topological polar surface area (TPSA) is 181 Å². The monoisotopic (exact) mass is 445 g/mol. The second-order valence-electron chi connectivity index (χ2n) is 7.42. The fourth-order valence-electron chi connectivity index (χ4n) is 3.24. The van der Waals surface area contributed by atoms with Crippen molar-refractivity contribution in [1.82, 2.24) is 19.7 Å². The van der Waals surface area contributed by atoms with E-state index >= 15 is 0 Å². The third kappa shape index (κ3) is 4.57. The van der Waals surface area contributed by atoms with Crippen LogP contribution < -0.4 is 10.1 Å². The molecule has 1 saturated heterocycles. The molecule has 1 saturated carbocycles. The van der Waals surface area contributed by atoms with Crippen LogP contribution in [0.1, 0.15) is 19.1 Å². The molecule has 166 valence electrons. The predicted molar refractivity (Wildman–Crippen MR) is 102 cm³/mol. The van der Waals surface area contributed by atoms with Crippen LogP contribution in [-0.2, 0) is 14.0 Å². The van der Waals surface area contributed by atoms with Gasteiger partial charge in [0.15, 0.2) is 11.9 Å². The second kappa shape index (κ2) is 8.35. The van der Waals surface area contributed by atoms with Crippen LogP contribution in [0, 0.1) is 5.92 Å². The van der Waals surface area contributed by atoms with Crippen LogP contribution in [0.2, 0.25) is 0 Å². The number of nitrogens with one attached hydrogen (secondary N) is 1. The summed E-state index contributed by atoms with van der Waals surface area (Å²) in [5.41, 5.74) is 0.341. The molecular weight excluding hydrogens is 421 g/mol. The average Bonchev–Trinajstić information content (AvgIpc) is 3.37. The number of nitrogens with zero attached hydrogens (tertiary/aromatic N) is 4. The largest absolute Gasteiger partial charge is 0.467 e. The standard InChI is InChI=1S/C16H24N5O8P/c1-27-16-19-13(17-4-8-2-3-8)9-5-18-21(14(9)20-16)15-12(23)11(22)10(29-15)6-28-7-30(24,25)26/h5,8,10-12,15,22-23H,2-4,6-7H2,1H3,(H,17,19,20)(H2,24,25,26)/t10-,11-,12-,15-/m1/s1. The van der Waals surface area contributed by atoms with E-state index in [2.05, 4.69) is 20.4 Å². The van der Waals surface area contributed by atoms with Gasteiger partial charge in [-0.05, 0) is 18.8 Å². The summed E-state index contributed by atoms with van der Waals surface area (Å²) < 4.78 is 28.0. The van der Waals surface area contributed by atoms with Crippen LogP contribution in [0.25, 0.3) is 11.0 Å². The Bertz CT molecular complexity index is 947. The molecule has 2 aromatic rings. The van der Waals surface area contributed by atoms with Crippen molar-refractivity contribution in [2.45, 2.75) is 37.4 Å². The Morgan fingerprint density at radius 1 is 1.30 bits per heavy atom. The highest BCUT2D eigenvalue weighted by atomic mass is 31.2. The number of ether oxygens (including phenoxy) is 3. The van der Waals surface area contributed by atoms with Crippen LogP contribution in [0.4, 0.5) is 5.82 Å². The molecule has 1 aliphatic carbocycles. The highest BCUT2D eigenvalue weighted by Crippen LogP contribution is 2.36. The van der Waals surface area contributed by atoms with Crippen LogP contribution in [0.15, 0.2) is 6.20 Å². The number of anilines is 1. The van der Waals surface area contributed by atoms with Gasteiger partial charge in [-0.3, -0.25) is 4.57 Å². The van der Waals surface area contributed by atoms with Crippen molar-refractivity contribution in [2.24, 2.45) is 5.92 Å². The molecule has 30 heavy (non-hydrogen) atoms. The van der Waals surface area contributed by atoms with E-state index in [0.717, 1.165) is 6.54 Å². The Morgan fingerprint density at radius 2 is 2.07 bits per heavy atom. The van der Waals surface area contributed by atoms with Gasteiger partial charge >= 0.3 is 13.6 Å². The summed E-state index contributed by atoms with van der Waals surface area (Å²) in [4.78, 5) is 26.4. The van der Waals surface area contributed by atoms with Gasteiger partial charge in [0.2, 0.25) is 0 Å². The normalized spacial score (nSPS) is 27.0. The first-order valence-corrected chi connectivity index (χ1v) is 11.2. The number of aliphatic hydroxyl groups is 2. The van der Waals surface area contributed by atoms with Gasteiger partial charge in [0, 0.05) is 6.54 Å². The van der Waals surface area contributed by atoms with Gasteiger partial charge in [0.25, 0.3) is 0 Å². The molecule has 2 aliphatic rings. The maximum Gasteiger partial charge on any atom is 0.350 e. The Labute approximate surface area is 171 Å². The minimum Gasteiger partial charge on any atom is -0.467 e. The number of hydrogen-bond acceptors (Lipinski definition) is 10. The third-order valence-electron chi connectivity index (χ3n) is 4.99. The van der Waals surface area contributed by atoms with Gasteiger partial charge in [0.1, 0.15) is 30.5 Å². The first-order valence-electron chi connectivity index (χ1n) is 9.44. The Balaban J connectivity index is 1.56. The highest BCUT2D eigenvalue weighted by Gasteiger charge is 2.45. The number of hydrogen-bond donors (Lipinski definition) is 5. The van der Waals surface area contributed by atoms with E-state index < -0.39 is 38.5 Å². The SMILES string of the molecule is COc1nc(NCC2CC2)c2cnn([C@@H]3O[C@H](COCP(=O)(O)O)[C@@H](O)[C@H]3O)c2n1. The lowest BCUT2D eigenvalue weighted by Crippen LogP contribution is -2.34. The van der Waals surface area contributed by atoms with Crippen molar-refractivity contribution in [3.05, 3.63) is 6.20 Å². The smallest absolute Gasteiger partial charge is 0.350 e. The Kier molecular flexibility index (Phi) is 5.95. The third-order valence-corrected chi connectivity index (χ3v) is 5.51. The minimum absolute atomic E-state index is 0.108. The molecule has 4 rings (SSSR count). The summed E-state index contributed by atoms with van der Waals surface area (Å²) in [7, 11) is -2.92. The zero-order valence-electron chi connectivity index (χ0n) is 16.2. The molecule has 2 fully saturated rings. The van der Waals surface area contributed by atoms with Crippen molar-refractivity contribution in [3.63, 3.8) is 0 Å². The van der Waals surface area contributed by atoms with Crippen molar-refractivity contribution in [1.29, 1.82) is 0 Å². The lowest BCUT2D eigenvalue weighted by atomic mass is 10.1. The maximum absolute atomic E-state index is 10.9. The van der Waals surface area contributed by atoms with E-state index in [-0.39, 0.29) is 12.6 Å². The summed E-state index contributed by atoms with van der Waals surface area (Å²) >= 11 is 0. The van der Waals surface area contributed by atoms with E-state index in [0.29, 0.717) is 22.8 Å². The van der Waals surface area contributed by atoms with E-state index in [9.17, 15) is 14.8 Å². The van der Waals surface area contributed by atoms with E-state index in [1.54, 1.807) is 0 Å². The lowest BCUT2D eigenvalue weighted by Gasteiger charge is -2.16. The van der Waals surface area contributed by atoms with Gasteiger partial charge in [-0.1, -0.05) is 0 Å². The van der Waals surface area contributed by atoms with Gasteiger partial charge in [-0.25, -0.2) is 4.68 Å². The number of fused-ring (bicyclic) bond motifs is 1. The number of aliphatic hydroxyl groups excluding tert-OH is 2. The lowest BCUT2D eigenvalue weighted by molar-refractivity contribution is -0.0659. The predicted octanol–water partition coefficient (Wildman–Crippen LogP) is -0.572. The van der Waals surface area contributed by atoms with Crippen LogP contribution in [0.3, 0.4) is 0 Å². The molecule has 13 nitrogen and oxygen atoms in total. The van der Waals surface area contributed by atoms with E-state index in [1.807, 2.05) is 0 Å². The fourth-order valence-corrected chi connectivity index (χ4v) is 3.58. The number of methoxy groups -OCH3 is 1. The summed E-state index contributed by atoms with van der Waals surface area (Å²) in [6.07, 6.45) is -1.74. The first-order chi connectivity index (χ1) is 14.3. The number of aromatic nitrogens is 4. The Hall–Kier alpha value is -1.86. The number of rotatable bonds is 9. The van der Waals surface area contributed by atoms with Gasteiger partial charge in [-0.15, -0.1) is 0 Å². The molecule has 0 aromatic carbocycles. The highest BCUT2D eigenvalue weighted by molar-refractivity contribution is 7.51. The second-order valence-corrected chi connectivity index (χ2v) is 9.01. The van der Waals surface area contributed by atoms with Gasteiger partial charge in [0.05, 0.1) is 25.3 Å². The van der Waals surface area contributed by atoms with Crippen molar-refractivity contribution in [3.8, 4) is 6.01 Å². The molecule has 5 N–H and O–H groups in total. The van der Waals surface area contributed by atoms with Crippen molar-refractivity contribution in [2.75, 3.05) is 31.9 Å². The molecule has 3 heterocycles. The molecule has 0 unspecified atom stereocenters. The molecule has 4 atom stereocenters. The molecule has 0 amide bonds. The summed E-state index contributed by atoms with van der Waals surface area (Å²) in [5.74, 6) is 1.16. The molecule has 0 radical (unpaired) electrons. The Morgan fingerprint density at radius 3 is 2.73 bits per heavy atom. The maximum atomic E-state index is 10.9. The summed E-state index contributed by atoms with van der Waals surface area (Å²) in [6, 6.07) is 0.108. The zero-order valence-corrected chi connectivity index (χ0v) is 17.1. The molecule has 14 heteroatoms. The summed E-state index contributed by atoms with van der Waals surface area (Å²) in [5, 5.41) is 28.9. The molecule has 0 bridgehead atoms.